The number of aryl methyl sites for hydroxylation is 1. The molecule has 9 heteroatoms. The van der Waals surface area contributed by atoms with Crippen molar-refractivity contribution >= 4 is 28.3 Å². The van der Waals surface area contributed by atoms with Crippen molar-refractivity contribution in [3.05, 3.63) is 5.01 Å². The Kier molecular flexibility index (Phi) is 5.19. The number of hydrogen-bond acceptors (Lipinski definition) is 7. The van der Waals surface area contributed by atoms with E-state index in [1.165, 1.54) is 11.3 Å². The van der Waals surface area contributed by atoms with Gasteiger partial charge in [0.25, 0.3) is 5.91 Å². The van der Waals surface area contributed by atoms with Crippen LogP contribution in [0.3, 0.4) is 0 Å². The average Bonchev–Trinajstić information content (AvgIpc) is 3.19. The molecular weight excluding hydrogens is 318 g/mol. The second-order valence-corrected chi connectivity index (χ2v) is 6.96. The van der Waals surface area contributed by atoms with Gasteiger partial charge >= 0.3 is 0 Å². The molecule has 3 heterocycles. The standard InChI is InChI=1S/C14H21N5O3S/c1-10-16-17-14(23-10)15-12(20)9-18-4-6-19(7-5-18)13(21)11-3-2-8-22-11/h11H,2-9H2,1H3,(H,15,17,20). The molecule has 2 aliphatic rings. The van der Waals surface area contributed by atoms with Crippen molar-refractivity contribution in [1.29, 1.82) is 0 Å². The highest BCUT2D eigenvalue weighted by molar-refractivity contribution is 7.15. The van der Waals surface area contributed by atoms with Gasteiger partial charge in [-0.05, 0) is 19.8 Å². The number of nitrogens with zero attached hydrogens (tertiary/aromatic N) is 4. The van der Waals surface area contributed by atoms with Crippen molar-refractivity contribution in [2.75, 3.05) is 44.6 Å². The Balaban J connectivity index is 1.41. The lowest BCUT2D eigenvalue weighted by molar-refractivity contribution is -0.142. The maximum absolute atomic E-state index is 12.3. The second kappa shape index (κ2) is 7.33. The van der Waals surface area contributed by atoms with Crippen LogP contribution in [0.25, 0.3) is 0 Å². The van der Waals surface area contributed by atoms with Gasteiger partial charge < -0.3 is 9.64 Å². The molecule has 0 spiro atoms. The lowest BCUT2D eigenvalue weighted by Gasteiger charge is -2.35. The van der Waals surface area contributed by atoms with Gasteiger partial charge in [0.2, 0.25) is 11.0 Å². The number of ether oxygens (including phenoxy) is 1. The van der Waals surface area contributed by atoms with E-state index in [2.05, 4.69) is 15.5 Å². The Morgan fingerprint density at radius 1 is 1.30 bits per heavy atom. The number of anilines is 1. The van der Waals surface area contributed by atoms with E-state index in [9.17, 15) is 9.59 Å². The Morgan fingerprint density at radius 2 is 2.09 bits per heavy atom. The summed E-state index contributed by atoms with van der Waals surface area (Å²) in [6.07, 6.45) is 1.52. The largest absolute Gasteiger partial charge is 0.368 e. The Labute approximate surface area is 138 Å². The molecule has 1 atom stereocenters. The fourth-order valence-electron chi connectivity index (χ4n) is 2.81. The number of nitrogens with one attached hydrogen (secondary N) is 1. The highest BCUT2D eigenvalue weighted by Crippen LogP contribution is 2.16. The monoisotopic (exact) mass is 339 g/mol. The summed E-state index contributed by atoms with van der Waals surface area (Å²) < 4.78 is 5.45. The van der Waals surface area contributed by atoms with Gasteiger partial charge in [-0.3, -0.25) is 19.8 Å². The van der Waals surface area contributed by atoms with E-state index in [-0.39, 0.29) is 17.9 Å². The fraction of sp³-hybridized carbons (Fsp3) is 0.714. The molecule has 0 bridgehead atoms. The molecule has 126 valence electrons. The minimum absolute atomic E-state index is 0.0935. The third-order valence-corrected chi connectivity index (χ3v) is 4.78. The third kappa shape index (κ3) is 4.24. The number of hydrogen-bond donors (Lipinski definition) is 1. The molecule has 1 N–H and O–H groups in total. The van der Waals surface area contributed by atoms with Gasteiger partial charge in [-0.15, -0.1) is 10.2 Å². The minimum atomic E-state index is -0.259. The van der Waals surface area contributed by atoms with Gasteiger partial charge in [-0.1, -0.05) is 11.3 Å². The highest BCUT2D eigenvalue weighted by atomic mass is 32.1. The van der Waals surface area contributed by atoms with Crippen LogP contribution in [0.5, 0.6) is 0 Å². The van der Waals surface area contributed by atoms with Crippen LogP contribution in [-0.4, -0.2) is 77.2 Å². The molecule has 0 aromatic carbocycles. The molecule has 3 rings (SSSR count). The zero-order chi connectivity index (χ0) is 16.2. The van der Waals surface area contributed by atoms with Crippen LogP contribution in [0.15, 0.2) is 0 Å². The van der Waals surface area contributed by atoms with Gasteiger partial charge in [-0.2, -0.15) is 0 Å². The number of aromatic nitrogens is 2. The molecule has 8 nitrogen and oxygen atoms in total. The van der Waals surface area contributed by atoms with E-state index in [4.69, 9.17) is 4.74 Å². The zero-order valence-corrected chi connectivity index (χ0v) is 14.0. The molecular formula is C14H21N5O3S. The van der Waals surface area contributed by atoms with Gasteiger partial charge in [-0.25, -0.2) is 0 Å². The summed E-state index contributed by atoms with van der Waals surface area (Å²) in [6.45, 7) is 5.51. The molecule has 1 unspecified atom stereocenters. The SMILES string of the molecule is Cc1nnc(NC(=O)CN2CCN(C(=O)C3CCCO3)CC2)s1. The first kappa shape index (κ1) is 16.3. The first-order valence-electron chi connectivity index (χ1n) is 7.84. The smallest absolute Gasteiger partial charge is 0.251 e. The molecule has 0 saturated carbocycles. The van der Waals surface area contributed by atoms with E-state index in [1.54, 1.807) is 0 Å². The van der Waals surface area contributed by atoms with Crippen LogP contribution >= 0.6 is 11.3 Å². The Morgan fingerprint density at radius 3 is 2.70 bits per heavy atom. The lowest BCUT2D eigenvalue weighted by atomic mass is 10.2. The van der Waals surface area contributed by atoms with Gasteiger partial charge in [0.15, 0.2) is 0 Å². The molecule has 2 saturated heterocycles. The zero-order valence-electron chi connectivity index (χ0n) is 13.2. The summed E-state index contributed by atoms with van der Waals surface area (Å²) >= 11 is 1.36. The second-order valence-electron chi connectivity index (χ2n) is 5.78. The molecule has 2 amide bonds. The normalized spacial score (nSPS) is 22.3. The number of piperazine rings is 1. The fourth-order valence-corrected chi connectivity index (χ4v) is 3.42. The maximum atomic E-state index is 12.3. The lowest BCUT2D eigenvalue weighted by Crippen LogP contribution is -2.52. The molecule has 23 heavy (non-hydrogen) atoms. The maximum Gasteiger partial charge on any atom is 0.251 e. The van der Waals surface area contributed by atoms with Crippen molar-refractivity contribution in [3.63, 3.8) is 0 Å². The summed E-state index contributed by atoms with van der Waals surface area (Å²) in [5.41, 5.74) is 0. The molecule has 1 aromatic heterocycles. The molecule has 0 radical (unpaired) electrons. The average molecular weight is 339 g/mol. The number of rotatable bonds is 4. The summed E-state index contributed by atoms with van der Waals surface area (Å²) in [7, 11) is 0. The van der Waals surface area contributed by atoms with Crippen molar-refractivity contribution < 1.29 is 14.3 Å². The van der Waals surface area contributed by atoms with E-state index in [0.717, 1.165) is 17.8 Å². The molecule has 2 aliphatic heterocycles. The predicted octanol–water partition coefficient (Wildman–Crippen LogP) is 0.108. The molecule has 1 aromatic rings. The van der Waals surface area contributed by atoms with Crippen LogP contribution in [0.4, 0.5) is 5.13 Å². The third-order valence-electron chi connectivity index (χ3n) is 4.03. The van der Waals surface area contributed by atoms with E-state index < -0.39 is 0 Å². The highest BCUT2D eigenvalue weighted by Gasteiger charge is 2.30. The topological polar surface area (TPSA) is 87.7 Å². The van der Waals surface area contributed by atoms with Crippen LogP contribution < -0.4 is 5.32 Å². The number of carbonyl (C=O) groups is 2. The summed E-state index contributed by atoms with van der Waals surface area (Å²) in [6, 6.07) is 0. The van der Waals surface area contributed by atoms with E-state index >= 15 is 0 Å². The molecule has 0 aliphatic carbocycles. The predicted molar refractivity (Wildman–Crippen MR) is 85.3 cm³/mol. The Bertz CT molecular complexity index is 565. The Hall–Kier alpha value is -1.58. The summed E-state index contributed by atoms with van der Waals surface area (Å²) in [4.78, 5) is 28.2. The van der Waals surface area contributed by atoms with E-state index in [0.29, 0.717) is 44.5 Å². The van der Waals surface area contributed by atoms with Gasteiger partial charge in [0.05, 0.1) is 6.54 Å². The number of amides is 2. The van der Waals surface area contributed by atoms with Gasteiger partial charge in [0, 0.05) is 32.8 Å². The summed E-state index contributed by atoms with van der Waals surface area (Å²) in [5.74, 6) is -0.00371. The van der Waals surface area contributed by atoms with Crippen molar-refractivity contribution in [3.8, 4) is 0 Å². The van der Waals surface area contributed by atoms with Crippen LogP contribution in [-0.2, 0) is 14.3 Å². The van der Waals surface area contributed by atoms with Gasteiger partial charge in [0.1, 0.15) is 11.1 Å². The van der Waals surface area contributed by atoms with Crippen molar-refractivity contribution in [1.82, 2.24) is 20.0 Å². The molecule has 2 fully saturated rings. The first-order chi connectivity index (χ1) is 11.1. The first-order valence-corrected chi connectivity index (χ1v) is 8.66. The van der Waals surface area contributed by atoms with Crippen LogP contribution in [0, 0.1) is 6.92 Å². The minimum Gasteiger partial charge on any atom is -0.368 e. The van der Waals surface area contributed by atoms with Crippen molar-refractivity contribution in [2.24, 2.45) is 0 Å². The van der Waals surface area contributed by atoms with Crippen LogP contribution in [0.1, 0.15) is 17.8 Å². The summed E-state index contributed by atoms with van der Waals surface area (Å²) in [5, 5.41) is 11.8. The van der Waals surface area contributed by atoms with Crippen molar-refractivity contribution in [2.45, 2.75) is 25.9 Å². The number of carbonyl (C=O) groups excluding carboxylic acids is 2. The quantitative estimate of drug-likeness (QED) is 0.838. The van der Waals surface area contributed by atoms with E-state index in [1.807, 2.05) is 16.7 Å². The van der Waals surface area contributed by atoms with Crippen LogP contribution in [0.2, 0.25) is 0 Å².